The zero-order chi connectivity index (χ0) is 30.9. The number of hydrogen-bond donors (Lipinski definition) is 1. The summed E-state index contributed by atoms with van der Waals surface area (Å²) in [4.78, 5) is 44.2. The van der Waals surface area contributed by atoms with Crippen LogP contribution < -0.4 is 20.6 Å². The molecule has 1 N–H and O–H groups in total. The average Bonchev–Trinajstić information content (AvgIpc) is 3.68. The van der Waals surface area contributed by atoms with E-state index < -0.39 is 17.3 Å². The van der Waals surface area contributed by atoms with Crippen LogP contribution in [0.15, 0.2) is 54.0 Å². The molecule has 1 saturated heterocycles. The molecule has 7 rings (SSSR count). The topological polar surface area (TPSA) is 105 Å². The van der Waals surface area contributed by atoms with Crippen LogP contribution in [0.2, 0.25) is 0 Å². The second-order valence-electron chi connectivity index (χ2n) is 11.6. The van der Waals surface area contributed by atoms with Gasteiger partial charge in [0.15, 0.2) is 11.5 Å². The van der Waals surface area contributed by atoms with E-state index in [-0.39, 0.29) is 71.1 Å². The van der Waals surface area contributed by atoms with Crippen molar-refractivity contribution >= 4 is 28.4 Å². The molecule has 4 aromatic rings. The Bertz CT molecular complexity index is 1910. The number of amides is 1. The highest BCUT2D eigenvalue weighted by Crippen LogP contribution is 2.46. The number of nitrogens with zero attached hydrogens (tertiary/aromatic N) is 6. The molecule has 3 aliphatic rings. The molecule has 0 spiro atoms. The van der Waals surface area contributed by atoms with Crippen LogP contribution in [-0.4, -0.2) is 68.7 Å². The van der Waals surface area contributed by atoms with Crippen LogP contribution in [-0.2, 0) is 4.79 Å². The number of carbonyl (C=O) groups excluding carboxylic acids is 1. The second-order valence-corrected chi connectivity index (χ2v) is 11.6. The lowest BCUT2D eigenvalue weighted by Gasteiger charge is -2.35. The first-order valence-corrected chi connectivity index (χ1v) is 14.7. The number of halogens is 2. The third kappa shape index (κ3) is 4.22. The molecule has 3 aromatic heterocycles. The fourth-order valence-electron chi connectivity index (χ4n) is 6.67. The molecule has 5 heterocycles. The van der Waals surface area contributed by atoms with Crippen molar-refractivity contribution in [1.82, 2.24) is 24.4 Å². The summed E-state index contributed by atoms with van der Waals surface area (Å²) in [6, 6.07) is 7.14. The summed E-state index contributed by atoms with van der Waals surface area (Å²) in [7, 11) is 0. The molecule has 1 amide bonds. The van der Waals surface area contributed by atoms with E-state index >= 15 is 8.78 Å². The minimum absolute atomic E-state index is 0.0484. The molecular formula is C32H31F2N7O3. The zero-order valence-corrected chi connectivity index (χ0v) is 24.6. The summed E-state index contributed by atoms with van der Waals surface area (Å²) in [5.41, 5.74) is 0.426. The smallest absolute Gasteiger partial charge is 0.356 e. The highest BCUT2D eigenvalue weighted by molar-refractivity contribution is 5.93. The molecule has 226 valence electrons. The van der Waals surface area contributed by atoms with Gasteiger partial charge in [-0.3, -0.25) is 9.78 Å². The lowest BCUT2D eigenvalue weighted by molar-refractivity contribution is -0.127. The van der Waals surface area contributed by atoms with Crippen LogP contribution in [0.3, 0.4) is 0 Å². The Balaban J connectivity index is 1.54. The number of hydrogen-bond acceptors (Lipinski definition) is 8. The first kappa shape index (κ1) is 27.9. The number of fused-ring (bicyclic) bond motifs is 6. The minimum Gasteiger partial charge on any atom is -0.489 e. The standard InChI is InChI=1S/C32H31F2N7O3/c1-5-23(42)39-12-13-40(28-17(4)27(28)39)30-18-15-20(34)26-24-19(33)7-6-8-21(24)35-11-14-44-22-9-10-36-25(16(2)3)29(22)41(31(18)37-26)32(43)38-30/h5-10,15-17,27-28,35H,1,11-14H2,2-4H3/t17-,27+,28-/m0/s1. The Kier molecular flexibility index (Phi) is 6.60. The predicted molar refractivity (Wildman–Crippen MR) is 162 cm³/mol. The molecular weight excluding hydrogens is 568 g/mol. The van der Waals surface area contributed by atoms with Crippen molar-refractivity contribution in [2.24, 2.45) is 5.92 Å². The number of aromatic nitrogens is 4. The molecule has 0 unspecified atom stereocenters. The lowest BCUT2D eigenvalue weighted by atomic mass is 10.1. The summed E-state index contributed by atoms with van der Waals surface area (Å²) < 4.78 is 39.1. The van der Waals surface area contributed by atoms with Crippen LogP contribution in [0, 0.1) is 17.6 Å². The van der Waals surface area contributed by atoms with Gasteiger partial charge < -0.3 is 19.9 Å². The van der Waals surface area contributed by atoms with Crippen molar-refractivity contribution < 1.29 is 18.3 Å². The minimum atomic E-state index is -0.761. The summed E-state index contributed by atoms with van der Waals surface area (Å²) >= 11 is 0. The van der Waals surface area contributed by atoms with Crippen molar-refractivity contribution in [2.45, 2.75) is 38.8 Å². The number of ether oxygens (including phenoxy) is 1. The highest BCUT2D eigenvalue weighted by atomic mass is 19.1. The Morgan fingerprint density at radius 3 is 2.75 bits per heavy atom. The number of anilines is 2. The van der Waals surface area contributed by atoms with Gasteiger partial charge in [-0.05, 0) is 30.2 Å². The van der Waals surface area contributed by atoms with Gasteiger partial charge in [0.2, 0.25) is 5.91 Å². The van der Waals surface area contributed by atoms with E-state index in [2.05, 4.69) is 21.9 Å². The number of nitrogens with one attached hydrogen (secondary N) is 1. The molecule has 0 radical (unpaired) electrons. The molecule has 10 nitrogen and oxygen atoms in total. The number of piperazine rings is 1. The van der Waals surface area contributed by atoms with Crippen molar-refractivity contribution in [3.05, 3.63) is 77.0 Å². The molecule has 1 aromatic carbocycles. The van der Waals surface area contributed by atoms with E-state index in [1.54, 1.807) is 23.2 Å². The van der Waals surface area contributed by atoms with E-state index in [1.165, 1.54) is 28.8 Å². The van der Waals surface area contributed by atoms with Crippen molar-refractivity contribution in [3.63, 3.8) is 0 Å². The predicted octanol–water partition coefficient (Wildman–Crippen LogP) is 4.27. The van der Waals surface area contributed by atoms with Crippen LogP contribution in [0.4, 0.5) is 20.3 Å². The molecule has 3 atom stereocenters. The van der Waals surface area contributed by atoms with Gasteiger partial charge in [-0.2, -0.15) is 4.98 Å². The molecule has 1 saturated carbocycles. The Morgan fingerprint density at radius 1 is 1.16 bits per heavy atom. The maximum Gasteiger partial charge on any atom is 0.356 e. The van der Waals surface area contributed by atoms with E-state index in [4.69, 9.17) is 9.72 Å². The first-order valence-electron chi connectivity index (χ1n) is 14.7. The molecule has 2 bridgehead atoms. The number of rotatable bonds is 3. The van der Waals surface area contributed by atoms with Crippen LogP contribution in [0.5, 0.6) is 5.75 Å². The largest absolute Gasteiger partial charge is 0.489 e. The maximum atomic E-state index is 16.2. The molecule has 12 heteroatoms. The van der Waals surface area contributed by atoms with Crippen LogP contribution >= 0.6 is 0 Å². The third-order valence-electron chi connectivity index (χ3n) is 8.73. The van der Waals surface area contributed by atoms with Crippen LogP contribution in [0.1, 0.15) is 32.4 Å². The SMILES string of the molecule is C=CC(=O)N1CCN(c2nc(=O)n3c4nc(c(F)cc24)-c2c(F)cccc2NCCOc2ccnc(C(C)C)c2-3)[C@H]2[C@@H](C)[C@H]21. The number of benzene rings is 1. The second kappa shape index (κ2) is 10.4. The monoisotopic (exact) mass is 599 g/mol. The van der Waals surface area contributed by atoms with Gasteiger partial charge in [0.25, 0.3) is 0 Å². The summed E-state index contributed by atoms with van der Waals surface area (Å²) in [6.45, 7) is 10.7. The Morgan fingerprint density at radius 2 is 1.98 bits per heavy atom. The van der Waals surface area contributed by atoms with Crippen molar-refractivity contribution in [1.29, 1.82) is 0 Å². The van der Waals surface area contributed by atoms with E-state index in [0.717, 1.165) is 0 Å². The summed E-state index contributed by atoms with van der Waals surface area (Å²) in [5, 5.41) is 3.42. The van der Waals surface area contributed by atoms with Gasteiger partial charge in [-0.25, -0.2) is 23.1 Å². The normalized spacial score (nSPS) is 20.5. The van der Waals surface area contributed by atoms with E-state index in [1.807, 2.05) is 25.7 Å². The summed E-state index contributed by atoms with van der Waals surface area (Å²) in [5.74, 6) is -0.954. The van der Waals surface area contributed by atoms with Crippen LogP contribution in [0.25, 0.3) is 28.0 Å². The molecule has 1 aliphatic carbocycles. The third-order valence-corrected chi connectivity index (χ3v) is 8.73. The van der Waals surface area contributed by atoms with Crippen molar-refractivity contribution in [2.75, 3.05) is 36.5 Å². The van der Waals surface area contributed by atoms with Gasteiger partial charge >= 0.3 is 5.69 Å². The van der Waals surface area contributed by atoms with Gasteiger partial charge in [0.05, 0.1) is 28.7 Å². The average molecular weight is 600 g/mol. The zero-order valence-electron chi connectivity index (χ0n) is 24.6. The van der Waals surface area contributed by atoms with Gasteiger partial charge in [0.1, 0.15) is 35.4 Å². The fourth-order valence-corrected chi connectivity index (χ4v) is 6.67. The van der Waals surface area contributed by atoms with E-state index in [0.29, 0.717) is 35.9 Å². The molecule has 2 aliphatic heterocycles. The van der Waals surface area contributed by atoms with E-state index in [9.17, 15) is 9.59 Å². The summed E-state index contributed by atoms with van der Waals surface area (Å²) in [6.07, 6.45) is 2.91. The first-order chi connectivity index (χ1) is 21.2. The van der Waals surface area contributed by atoms with Gasteiger partial charge in [0, 0.05) is 43.5 Å². The quantitative estimate of drug-likeness (QED) is 0.348. The lowest BCUT2D eigenvalue weighted by Crippen LogP contribution is -2.49. The van der Waals surface area contributed by atoms with Crippen molar-refractivity contribution in [3.8, 4) is 22.7 Å². The number of pyridine rings is 2. The maximum absolute atomic E-state index is 16.2. The van der Waals surface area contributed by atoms with Gasteiger partial charge in [-0.1, -0.05) is 33.4 Å². The molecule has 2 fully saturated rings. The Labute approximate surface area is 252 Å². The Hall–Kier alpha value is -4.87. The van der Waals surface area contributed by atoms with Gasteiger partial charge in [-0.15, -0.1) is 0 Å². The fraction of sp³-hybridized carbons (Fsp3) is 0.344. The molecule has 44 heavy (non-hydrogen) atoms. The number of carbonyl (C=O) groups is 1. The highest BCUT2D eigenvalue weighted by Gasteiger charge is 2.58.